The summed E-state index contributed by atoms with van der Waals surface area (Å²) < 4.78 is 13.1. The molecular weight excluding hydrogens is 227 g/mol. The molecule has 0 bridgehead atoms. The molecule has 1 N–H and O–H groups in total. The minimum atomic E-state index is -0.659. The van der Waals surface area contributed by atoms with Gasteiger partial charge in [0, 0.05) is 6.42 Å². The monoisotopic (exact) mass is 250 g/mol. The maximum atomic E-state index is 13.1. The SMILES string of the molecule is Cc1cc(F)ccc1CC1(O)CCCCC1(C)C. The molecule has 2 rings (SSSR count). The van der Waals surface area contributed by atoms with Crippen LogP contribution in [-0.2, 0) is 6.42 Å². The highest BCUT2D eigenvalue weighted by atomic mass is 19.1. The Kier molecular flexibility index (Phi) is 3.50. The predicted octanol–water partition coefficient (Wildman–Crippen LogP) is 4.01. The second-order valence-electron chi connectivity index (χ2n) is 6.37. The summed E-state index contributed by atoms with van der Waals surface area (Å²) in [6.07, 6.45) is 4.81. The van der Waals surface area contributed by atoms with E-state index in [4.69, 9.17) is 0 Å². The predicted molar refractivity (Wildman–Crippen MR) is 72.0 cm³/mol. The zero-order valence-electron chi connectivity index (χ0n) is 11.6. The smallest absolute Gasteiger partial charge is 0.123 e. The molecule has 1 nitrogen and oxygen atoms in total. The van der Waals surface area contributed by atoms with E-state index >= 15 is 0 Å². The van der Waals surface area contributed by atoms with Crippen LogP contribution < -0.4 is 0 Å². The second kappa shape index (κ2) is 4.65. The lowest BCUT2D eigenvalue weighted by Crippen LogP contribution is -2.48. The number of aliphatic hydroxyl groups is 1. The summed E-state index contributed by atoms with van der Waals surface area (Å²) >= 11 is 0. The van der Waals surface area contributed by atoms with Gasteiger partial charge in [0.2, 0.25) is 0 Å². The van der Waals surface area contributed by atoms with Gasteiger partial charge in [-0.3, -0.25) is 0 Å². The number of halogens is 1. The summed E-state index contributed by atoms with van der Waals surface area (Å²) in [5, 5.41) is 11.0. The highest BCUT2D eigenvalue weighted by Gasteiger charge is 2.45. The maximum absolute atomic E-state index is 13.1. The molecule has 1 aliphatic carbocycles. The number of aryl methyl sites for hydroxylation is 1. The van der Waals surface area contributed by atoms with Crippen molar-refractivity contribution >= 4 is 0 Å². The minimum absolute atomic E-state index is 0.0634. The van der Waals surface area contributed by atoms with E-state index in [1.807, 2.05) is 13.0 Å². The lowest BCUT2D eigenvalue weighted by Gasteiger charge is -2.47. The summed E-state index contributed by atoms with van der Waals surface area (Å²) in [7, 11) is 0. The van der Waals surface area contributed by atoms with Crippen molar-refractivity contribution in [3.8, 4) is 0 Å². The van der Waals surface area contributed by atoms with Gasteiger partial charge in [-0.05, 0) is 48.4 Å². The fraction of sp³-hybridized carbons (Fsp3) is 0.625. The molecule has 18 heavy (non-hydrogen) atoms. The third-order valence-electron chi connectivity index (χ3n) is 4.69. The molecule has 0 aliphatic heterocycles. The summed E-state index contributed by atoms with van der Waals surface area (Å²) in [6, 6.07) is 4.85. The molecule has 1 unspecified atom stereocenters. The van der Waals surface area contributed by atoms with Crippen LogP contribution in [0.5, 0.6) is 0 Å². The van der Waals surface area contributed by atoms with Gasteiger partial charge >= 0.3 is 0 Å². The molecule has 1 aromatic carbocycles. The van der Waals surface area contributed by atoms with E-state index in [0.29, 0.717) is 6.42 Å². The molecule has 0 spiro atoms. The van der Waals surface area contributed by atoms with Crippen molar-refractivity contribution in [3.63, 3.8) is 0 Å². The molecule has 0 amide bonds. The molecule has 0 radical (unpaired) electrons. The van der Waals surface area contributed by atoms with Gasteiger partial charge in [-0.1, -0.05) is 32.8 Å². The van der Waals surface area contributed by atoms with Crippen LogP contribution in [0, 0.1) is 18.2 Å². The first-order valence-corrected chi connectivity index (χ1v) is 6.81. The molecule has 1 atom stereocenters. The number of benzene rings is 1. The van der Waals surface area contributed by atoms with Crippen LogP contribution in [-0.4, -0.2) is 10.7 Å². The van der Waals surface area contributed by atoms with Crippen LogP contribution in [0.1, 0.15) is 50.7 Å². The number of rotatable bonds is 2. The Morgan fingerprint density at radius 1 is 1.22 bits per heavy atom. The fourth-order valence-corrected chi connectivity index (χ4v) is 3.06. The van der Waals surface area contributed by atoms with Crippen LogP contribution in [0.15, 0.2) is 18.2 Å². The van der Waals surface area contributed by atoms with Crippen LogP contribution in [0.4, 0.5) is 4.39 Å². The van der Waals surface area contributed by atoms with Crippen molar-refractivity contribution in [1.29, 1.82) is 0 Å². The second-order valence-corrected chi connectivity index (χ2v) is 6.37. The van der Waals surface area contributed by atoms with Crippen molar-refractivity contribution in [2.75, 3.05) is 0 Å². The quantitative estimate of drug-likeness (QED) is 0.841. The van der Waals surface area contributed by atoms with E-state index in [1.165, 1.54) is 12.5 Å². The van der Waals surface area contributed by atoms with Crippen LogP contribution >= 0.6 is 0 Å². The normalized spacial score (nSPS) is 27.2. The van der Waals surface area contributed by atoms with Crippen molar-refractivity contribution in [2.45, 2.75) is 58.5 Å². The first-order chi connectivity index (χ1) is 8.34. The van der Waals surface area contributed by atoms with E-state index in [9.17, 15) is 9.50 Å². The van der Waals surface area contributed by atoms with Crippen LogP contribution in [0.2, 0.25) is 0 Å². The first-order valence-electron chi connectivity index (χ1n) is 6.81. The van der Waals surface area contributed by atoms with Gasteiger partial charge in [-0.2, -0.15) is 0 Å². The highest BCUT2D eigenvalue weighted by Crippen LogP contribution is 2.45. The van der Waals surface area contributed by atoms with E-state index in [2.05, 4.69) is 13.8 Å². The average Bonchev–Trinajstić information content (AvgIpc) is 2.27. The van der Waals surface area contributed by atoms with Crippen molar-refractivity contribution in [1.82, 2.24) is 0 Å². The lowest BCUT2D eigenvalue weighted by atomic mass is 9.63. The largest absolute Gasteiger partial charge is 0.389 e. The molecule has 1 fully saturated rings. The topological polar surface area (TPSA) is 20.2 Å². The summed E-state index contributed by atoms with van der Waals surface area (Å²) in [5.74, 6) is -0.203. The van der Waals surface area contributed by atoms with Crippen molar-refractivity contribution in [2.24, 2.45) is 5.41 Å². The van der Waals surface area contributed by atoms with Gasteiger partial charge in [0.25, 0.3) is 0 Å². The molecule has 2 heteroatoms. The Morgan fingerprint density at radius 2 is 1.89 bits per heavy atom. The van der Waals surface area contributed by atoms with E-state index in [-0.39, 0.29) is 11.2 Å². The summed E-state index contributed by atoms with van der Waals surface area (Å²) in [5.41, 5.74) is 1.28. The van der Waals surface area contributed by atoms with E-state index < -0.39 is 5.60 Å². The van der Waals surface area contributed by atoms with Gasteiger partial charge in [0.05, 0.1) is 5.60 Å². The van der Waals surface area contributed by atoms with Gasteiger partial charge in [0.15, 0.2) is 0 Å². The van der Waals surface area contributed by atoms with Crippen molar-refractivity contribution in [3.05, 3.63) is 35.1 Å². The lowest BCUT2D eigenvalue weighted by molar-refractivity contribution is -0.0959. The van der Waals surface area contributed by atoms with E-state index in [0.717, 1.165) is 30.4 Å². The Balaban J connectivity index is 2.26. The molecule has 1 aliphatic rings. The molecule has 100 valence electrons. The fourth-order valence-electron chi connectivity index (χ4n) is 3.06. The highest BCUT2D eigenvalue weighted by molar-refractivity contribution is 5.28. The molecule has 1 aromatic rings. The minimum Gasteiger partial charge on any atom is -0.389 e. The van der Waals surface area contributed by atoms with Gasteiger partial charge in [-0.15, -0.1) is 0 Å². The Hall–Kier alpha value is -0.890. The summed E-state index contributed by atoms with van der Waals surface area (Å²) in [4.78, 5) is 0. The molecule has 0 heterocycles. The van der Waals surface area contributed by atoms with Gasteiger partial charge in [0.1, 0.15) is 5.82 Å². The maximum Gasteiger partial charge on any atom is 0.123 e. The van der Waals surface area contributed by atoms with Gasteiger partial charge < -0.3 is 5.11 Å². The third kappa shape index (κ3) is 2.44. The zero-order chi connectivity index (χ0) is 13.4. The van der Waals surface area contributed by atoms with E-state index in [1.54, 1.807) is 6.07 Å². The number of hydrogen-bond donors (Lipinski definition) is 1. The number of hydrogen-bond acceptors (Lipinski definition) is 1. The molecule has 0 saturated heterocycles. The van der Waals surface area contributed by atoms with Gasteiger partial charge in [-0.25, -0.2) is 4.39 Å². The summed E-state index contributed by atoms with van der Waals surface area (Å²) in [6.45, 7) is 6.20. The molecule has 0 aromatic heterocycles. The van der Waals surface area contributed by atoms with Crippen molar-refractivity contribution < 1.29 is 9.50 Å². The average molecular weight is 250 g/mol. The Labute approximate surface area is 109 Å². The van der Waals surface area contributed by atoms with Crippen LogP contribution in [0.3, 0.4) is 0 Å². The van der Waals surface area contributed by atoms with Crippen LogP contribution in [0.25, 0.3) is 0 Å². The Morgan fingerprint density at radius 3 is 2.50 bits per heavy atom. The standard InChI is InChI=1S/C16H23FO/c1-12-10-14(17)7-6-13(12)11-16(18)9-5-4-8-15(16,2)3/h6-7,10,18H,4-5,8-9,11H2,1-3H3. The first kappa shape index (κ1) is 13.5. The third-order valence-corrected chi connectivity index (χ3v) is 4.69. The molecular formula is C16H23FO. The molecule has 1 saturated carbocycles. The Bertz CT molecular complexity index is 439. The zero-order valence-corrected chi connectivity index (χ0v) is 11.6.